The summed E-state index contributed by atoms with van der Waals surface area (Å²) in [6.07, 6.45) is 7.97. The molecule has 1 aliphatic carbocycles. The number of nitrogens with zero attached hydrogens (tertiary/aromatic N) is 4. The average molecular weight is 488 g/mol. The maximum absolute atomic E-state index is 6.74. The molecule has 1 saturated heterocycles. The van der Waals surface area contributed by atoms with Crippen LogP contribution in [0, 0.1) is 6.92 Å². The Morgan fingerprint density at radius 1 is 1.06 bits per heavy atom. The molecular formula is C23H27Cl2N7O. The zero-order chi connectivity index (χ0) is 22.9. The molecule has 3 N–H and O–H groups in total. The summed E-state index contributed by atoms with van der Waals surface area (Å²) in [5, 5.41) is 15.4. The Labute approximate surface area is 203 Å². The largest absolute Gasteiger partial charge is 0.488 e. The Hall–Kier alpha value is -2.55. The molecule has 0 amide bonds. The molecule has 0 atom stereocenters. The zero-order valence-corrected chi connectivity index (χ0v) is 20.2. The van der Waals surface area contributed by atoms with E-state index >= 15 is 0 Å². The molecule has 2 aliphatic rings. The fourth-order valence-electron chi connectivity index (χ4n) is 4.06. The molecule has 1 aromatic carbocycles. The monoisotopic (exact) mass is 487 g/mol. The maximum atomic E-state index is 6.74. The van der Waals surface area contributed by atoms with E-state index in [2.05, 4.69) is 37.1 Å². The van der Waals surface area contributed by atoms with Crippen molar-refractivity contribution in [3.05, 3.63) is 45.8 Å². The van der Waals surface area contributed by atoms with E-state index in [0.29, 0.717) is 22.7 Å². The lowest BCUT2D eigenvalue weighted by molar-refractivity contribution is 0.304. The second-order valence-corrected chi connectivity index (χ2v) is 9.47. The summed E-state index contributed by atoms with van der Waals surface area (Å²) in [4.78, 5) is 8.94. The summed E-state index contributed by atoms with van der Waals surface area (Å²) in [5.41, 5.74) is 3.57. The number of halogens is 2. The Bertz CT molecular complexity index is 1160. The molecule has 174 valence electrons. The van der Waals surface area contributed by atoms with Crippen molar-refractivity contribution in [3.8, 4) is 5.75 Å². The maximum Gasteiger partial charge on any atom is 0.229 e. The predicted molar refractivity (Wildman–Crippen MR) is 131 cm³/mol. The smallest absolute Gasteiger partial charge is 0.229 e. The Kier molecular flexibility index (Phi) is 6.32. The number of aryl methyl sites for hydroxylation is 2. The molecule has 0 unspecified atom stereocenters. The van der Waals surface area contributed by atoms with Gasteiger partial charge in [-0.2, -0.15) is 10.1 Å². The van der Waals surface area contributed by atoms with Gasteiger partial charge in [0.2, 0.25) is 5.95 Å². The first-order chi connectivity index (χ1) is 16.0. The van der Waals surface area contributed by atoms with Crippen molar-refractivity contribution in [2.75, 3.05) is 23.7 Å². The lowest BCUT2D eigenvalue weighted by Crippen LogP contribution is -2.26. The highest BCUT2D eigenvalue weighted by Gasteiger charge is 2.27. The normalized spacial score (nSPS) is 16.6. The summed E-state index contributed by atoms with van der Waals surface area (Å²) in [6.45, 7) is 3.93. The van der Waals surface area contributed by atoms with Gasteiger partial charge in [-0.3, -0.25) is 4.68 Å². The second-order valence-electron chi connectivity index (χ2n) is 8.65. The van der Waals surface area contributed by atoms with Crippen LogP contribution in [0.25, 0.3) is 0 Å². The molecule has 0 spiro atoms. The number of ether oxygens (including phenoxy) is 1. The van der Waals surface area contributed by atoms with E-state index in [4.69, 9.17) is 27.9 Å². The third-order valence-corrected chi connectivity index (χ3v) is 6.56. The van der Waals surface area contributed by atoms with Crippen molar-refractivity contribution in [2.24, 2.45) is 7.05 Å². The fraction of sp³-hybridized carbons (Fsp3) is 0.435. The van der Waals surface area contributed by atoms with Crippen molar-refractivity contribution >= 4 is 46.3 Å². The first-order valence-electron chi connectivity index (χ1n) is 11.2. The van der Waals surface area contributed by atoms with Gasteiger partial charge in [0, 0.05) is 18.3 Å². The molecule has 10 heteroatoms. The Morgan fingerprint density at radius 3 is 2.55 bits per heavy atom. The van der Waals surface area contributed by atoms with Crippen LogP contribution in [0.2, 0.25) is 10.0 Å². The minimum absolute atomic E-state index is 0.254. The van der Waals surface area contributed by atoms with Crippen LogP contribution in [-0.4, -0.2) is 38.9 Å². The summed E-state index contributed by atoms with van der Waals surface area (Å²) in [7, 11) is 1.87. The minimum Gasteiger partial charge on any atom is -0.488 e. The number of hydrogen-bond acceptors (Lipinski definition) is 7. The Balaban J connectivity index is 1.43. The summed E-state index contributed by atoms with van der Waals surface area (Å²) in [6, 6.07) is 4.01. The number of aromatic nitrogens is 4. The van der Waals surface area contributed by atoms with E-state index in [1.165, 1.54) is 0 Å². The second kappa shape index (κ2) is 9.37. The van der Waals surface area contributed by atoms with E-state index < -0.39 is 0 Å². The summed E-state index contributed by atoms with van der Waals surface area (Å²) >= 11 is 13.1. The van der Waals surface area contributed by atoms with Gasteiger partial charge in [-0.15, -0.1) is 0 Å². The van der Waals surface area contributed by atoms with Gasteiger partial charge in [0.05, 0.1) is 29.4 Å². The molecule has 1 aliphatic heterocycles. The van der Waals surface area contributed by atoms with Gasteiger partial charge in [0.1, 0.15) is 10.8 Å². The van der Waals surface area contributed by atoms with Gasteiger partial charge in [0.15, 0.2) is 5.82 Å². The lowest BCUT2D eigenvalue weighted by Gasteiger charge is -2.25. The fourth-order valence-corrected chi connectivity index (χ4v) is 4.52. The van der Waals surface area contributed by atoms with E-state index in [0.717, 1.165) is 72.2 Å². The number of nitrogens with one attached hydrogen (secondary N) is 3. The van der Waals surface area contributed by atoms with Crippen LogP contribution in [0.5, 0.6) is 5.75 Å². The lowest BCUT2D eigenvalue weighted by atomic mass is 9.90. The van der Waals surface area contributed by atoms with Crippen LogP contribution in [0.15, 0.2) is 24.5 Å². The molecule has 0 bridgehead atoms. The van der Waals surface area contributed by atoms with Crippen LogP contribution in [0.4, 0.5) is 23.1 Å². The van der Waals surface area contributed by atoms with Crippen LogP contribution in [0.3, 0.4) is 0 Å². The third-order valence-electron chi connectivity index (χ3n) is 5.95. The highest BCUT2D eigenvalue weighted by atomic mass is 35.5. The summed E-state index contributed by atoms with van der Waals surface area (Å²) < 4.78 is 7.97. The molecule has 3 heterocycles. The van der Waals surface area contributed by atoms with Crippen LogP contribution < -0.4 is 20.7 Å². The quantitative estimate of drug-likeness (QED) is 0.415. The van der Waals surface area contributed by atoms with E-state index in [1.54, 1.807) is 10.9 Å². The van der Waals surface area contributed by atoms with Crippen LogP contribution in [0.1, 0.15) is 42.9 Å². The third kappa shape index (κ3) is 5.18. The SMILES string of the molecule is Cc1nn(C)cc1Nc1nc(Nc2cc(Cl)c(C3CCNCC3)cc2OC2CC2)ncc1Cl. The number of piperidine rings is 1. The average Bonchev–Trinajstić information content (AvgIpc) is 3.56. The van der Waals surface area contributed by atoms with Crippen molar-refractivity contribution in [3.63, 3.8) is 0 Å². The highest BCUT2D eigenvalue weighted by molar-refractivity contribution is 6.33. The van der Waals surface area contributed by atoms with Crippen molar-refractivity contribution in [2.45, 2.75) is 44.6 Å². The highest BCUT2D eigenvalue weighted by Crippen LogP contribution is 2.41. The van der Waals surface area contributed by atoms with Crippen molar-refractivity contribution < 1.29 is 4.74 Å². The zero-order valence-electron chi connectivity index (χ0n) is 18.7. The van der Waals surface area contributed by atoms with Crippen molar-refractivity contribution in [1.29, 1.82) is 0 Å². The van der Waals surface area contributed by atoms with Gasteiger partial charge >= 0.3 is 0 Å². The van der Waals surface area contributed by atoms with E-state index in [1.807, 2.05) is 26.2 Å². The first kappa shape index (κ1) is 22.3. The molecule has 1 saturated carbocycles. The Morgan fingerprint density at radius 2 is 1.85 bits per heavy atom. The molecule has 5 rings (SSSR count). The van der Waals surface area contributed by atoms with E-state index in [9.17, 15) is 0 Å². The van der Waals surface area contributed by atoms with Gasteiger partial charge in [-0.25, -0.2) is 4.98 Å². The van der Waals surface area contributed by atoms with Gasteiger partial charge in [-0.1, -0.05) is 23.2 Å². The standard InChI is InChI=1S/C23H27Cl2N7O/c1-13-20(12-32(2)31-13)28-22-18(25)11-27-23(30-22)29-19-10-17(24)16(14-5-7-26-8-6-14)9-21(19)33-15-3-4-15/h9-12,14-15,26H,3-8H2,1-2H3,(H2,27,28,29,30). The number of hydrogen-bond donors (Lipinski definition) is 3. The number of anilines is 4. The molecule has 2 aromatic heterocycles. The van der Waals surface area contributed by atoms with Crippen LogP contribution in [-0.2, 0) is 7.05 Å². The van der Waals surface area contributed by atoms with Gasteiger partial charge in [0.25, 0.3) is 0 Å². The molecule has 8 nitrogen and oxygen atoms in total. The molecular weight excluding hydrogens is 461 g/mol. The molecule has 33 heavy (non-hydrogen) atoms. The number of rotatable bonds is 7. The van der Waals surface area contributed by atoms with Gasteiger partial charge < -0.3 is 20.7 Å². The van der Waals surface area contributed by atoms with E-state index in [-0.39, 0.29) is 6.10 Å². The molecule has 2 fully saturated rings. The van der Waals surface area contributed by atoms with Crippen molar-refractivity contribution in [1.82, 2.24) is 25.1 Å². The summed E-state index contributed by atoms with van der Waals surface area (Å²) in [5.74, 6) is 2.10. The van der Waals surface area contributed by atoms with Gasteiger partial charge in [-0.05, 0) is 69.3 Å². The molecule has 3 aromatic rings. The molecule has 0 radical (unpaired) electrons. The van der Waals surface area contributed by atoms with Crippen LogP contribution >= 0.6 is 23.2 Å². The predicted octanol–water partition coefficient (Wildman–Crippen LogP) is 5.32. The first-order valence-corrected chi connectivity index (χ1v) is 12.0. The number of benzene rings is 1. The minimum atomic E-state index is 0.254. The topological polar surface area (TPSA) is 88.9 Å².